The van der Waals surface area contributed by atoms with E-state index < -0.39 is 18.0 Å². The fourth-order valence-corrected chi connectivity index (χ4v) is 2.74. The van der Waals surface area contributed by atoms with Gasteiger partial charge in [0.05, 0.1) is 22.1 Å². The van der Waals surface area contributed by atoms with E-state index in [-0.39, 0.29) is 5.69 Å². The van der Waals surface area contributed by atoms with Crippen LogP contribution in [0.15, 0.2) is 66.7 Å². The van der Waals surface area contributed by atoms with E-state index in [2.05, 4.69) is 20.0 Å². The van der Waals surface area contributed by atoms with Crippen LogP contribution in [-0.4, -0.2) is 22.2 Å². The fraction of sp³-hybridized carbons (Fsp3) is 0.0500. The minimum Gasteiger partial charge on any atom is -0.406 e. The van der Waals surface area contributed by atoms with Crippen molar-refractivity contribution in [2.75, 3.05) is 5.32 Å². The first-order valence-electron chi connectivity index (χ1n) is 8.21. The van der Waals surface area contributed by atoms with Gasteiger partial charge in [0.1, 0.15) is 5.75 Å². The zero-order chi connectivity index (χ0) is 19.7. The summed E-state index contributed by atoms with van der Waals surface area (Å²) in [5.41, 5.74) is 3.10. The van der Waals surface area contributed by atoms with Gasteiger partial charge in [-0.05, 0) is 42.5 Å². The number of para-hydroxylation sites is 2. The molecule has 0 fully saturated rings. The predicted octanol–water partition coefficient (Wildman–Crippen LogP) is 4.93. The highest BCUT2D eigenvalue weighted by Gasteiger charge is 2.31. The predicted molar refractivity (Wildman–Crippen MR) is 98.1 cm³/mol. The van der Waals surface area contributed by atoms with Crippen molar-refractivity contribution in [2.24, 2.45) is 0 Å². The normalized spacial score (nSPS) is 11.5. The number of rotatable bonds is 3. The minimum absolute atomic E-state index is 0.177. The van der Waals surface area contributed by atoms with E-state index in [9.17, 15) is 18.0 Å². The molecule has 1 amide bonds. The van der Waals surface area contributed by atoms with Crippen molar-refractivity contribution in [1.82, 2.24) is 9.97 Å². The van der Waals surface area contributed by atoms with Crippen molar-refractivity contribution >= 4 is 33.7 Å². The van der Waals surface area contributed by atoms with Crippen LogP contribution in [0.5, 0.6) is 5.75 Å². The monoisotopic (exact) mass is 383 g/mol. The quantitative estimate of drug-likeness (QED) is 0.509. The molecule has 0 aliphatic rings. The molecular formula is C20H12F3N3O2. The molecule has 8 heteroatoms. The van der Waals surface area contributed by atoms with Crippen LogP contribution in [0.1, 0.15) is 10.4 Å². The molecule has 1 aromatic heterocycles. The molecule has 1 heterocycles. The highest BCUT2D eigenvalue weighted by molar-refractivity contribution is 6.06. The molecule has 28 heavy (non-hydrogen) atoms. The molecule has 4 aromatic rings. The molecule has 0 saturated carbocycles. The van der Waals surface area contributed by atoms with Crippen LogP contribution in [0.4, 0.5) is 18.9 Å². The van der Waals surface area contributed by atoms with Gasteiger partial charge in [-0.2, -0.15) is 0 Å². The largest absolute Gasteiger partial charge is 0.573 e. The lowest BCUT2D eigenvalue weighted by Gasteiger charge is -2.11. The third kappa shape index (κ3) is 3.85. The van der Waals surface area contributed by atoms with E-state index in [1.807, 2.05) is 24.3 Å². The highest BCUT2D eigenvalue weighted by Crippen LogP contribution is 2.25. The van der Waals surface area contributed by atoms with Crippen LogP contribution in [-0.2, 0) is 0 Å². The Labute approximate surface area is 156 Å². The van der Waals surface area contributed by atoms with Gasteiger partial charge >= 0.3 is 6.36 Å². The van der Waals surface area contributed by atoms with Crippen molar-refractivity contribution in [3.8, 4) is 5.75 Å². The Balaban J connectivity index is 1.60. The van der Waals surface area contributed by atoms with Crippen LogP contribution in [0.25, 0.3) is 22.1 Å². The number of hydrogen-bond acceptors (Lipinski definition) is 4. The molecule has 0 spiro atoms. The molecule has 0 aliphatic carbocycles. The van der Waals surface area contributed by atoms with E-state index in [1.165, 1.54) is 12.1 Å². The molecule has 0 unspecified atom stereocenters. The number of carbonyl (C=O) groups excluding carboxylic acids is 1. The number of ether oxygens (including phenoxy) is 1. The van der Waals surface area contributed by atoms with Crippen LogP contribution in [0.2, 0.25) is 0 Å². The van der Waals surface area contributed by atoms with Crippen LogP contribution < -0.4 is 10.1 Å². The summed E-state index contributed by atoms with van der Waals surface area (Å²) < 4.78 is 40.9. The summed E-state index contributed by atoms with van der Waals surface area (Å²) in [6.45, 7) is 0. The molecule has 0 bridgehead atoms. The second kappa shape index (κ2) is 6.80. The molecule has 140 valence electrons. The summed E-state index contributed by atoms with van der Waals surface area (Å²) in [7, 11) is 0. The lowest BCUT2D eigenvalue weighted by Crippen LogP contribution is -2.17. The topological polar surface area (TPSA) is 64.1 Å². The molecule has 3 aromatic carbocycles. The average molecular weight is 383 g/mol. The van der Waals surface area contributed by atoms with Gasteiger partial charge in [0.15, 0.2) is 0 Å². The number of nitrogens with one attached hydrogen (secondary N) is 1. The van der Waals surface area contributed by atoms with Gasteiger partial charge in [0, 0.05) is 17.3 Å². The second-order valence-electron chi connectivity index (χ2n) is 5.95. The number of amides is 1. The maximum Gasteiger partial charge on any atom is 0.573 e. The second-order valence-corrected chi connectivity index (χ2v) is 5.95. The Morgan fingerprint density at radius 1 is 0.821 bits per heavy atom. The summed E-state index contributed by atoms with van der Waals surface area (Å²) in [6.07, 6.45) is -4.80. The Morgan fingerprint density at radius 2 is 1.50 bits per heavy atom. The molecule has 4 rings (SSSR count). The number of aromatic nitrogens is 2. The van der Waals surface area contributed by atoms with Crippen LogP contribution in [0.3, 0.4) is 0 Å². The first kappa shape index (κ1) is 17.7. The van der Waals surface area contributed by atoms with Gasteiger partial charge < -0.3 is 10.1 Å². The van der Waals surface area contributed by atoms with Gasteiger partial charge in [-0.3, -0.25) is 4.79 Å². The van der Waals surface area contributed by atoms with Crippen molar-refractivity contribution < 1.29 is 22.7 Å². The molecule has 0 atom stereocenters. The third-order valence-corrected chi connectivity index (χ3v) is 3.93. The van der Waals surface area contributed by atoms with Crippen molar-refractivity contribution in [3.05, 3.63) is 72.3 Å². The number of fused-ring (bicyclic) bond motifs is 2. The molecule has 0 saturated heterocycles. The number of nitrogens with zero attached hydrogens (tertiary/aromatic N) is 2. The van der Waals surface area contributed by atoms with E-state index in [0.717, 1.165) is 17.6 Å². The van der Waals surface area contributed by atoms with Crippen LogP contribution >= 0.6 is 0 Å². The van der Waals surface area contributed by atoms with Gasteiger partial charge in [-0.15, -0.1) is 13.2 Å². The lowest BCUT2D eigenvalue weighted by atomic mass is 10.1. The Hall–Kier alpha value is -3.68. The van der Waals surface area contributed by atoms with Crippen molar-refractivity contribution in [3.63, 3.8) is 0 Å². The van der Waals surface area contributed by atoms with E-state index >= 15 is 0 Å². The molecule has 0 radical (unpaired) electrons. The maximum absolute atomic E-state index is 12.5. The van der Waals surface area contributed by atoms with E-state index in [1.54, 1.807) is 18.2 Å². The van der Waals surface area contributed by atoms with Gasteiger partial charge in [-0.25, -0.2) is 9.97 Å². The average Bonchev–Trinajstić information content (AvgIpc) is 2.64. The molecule has 5 nitrogen and oxygen atoms in total. The first-order valence-corrected chi connectivity index (χ1v) is 8.21. The van der Waals surface area contributed by atoms with Gasteiger partial charge in [0.25, 0.3) is 5.91 Å². The fourth-order valence-electron chi connectivity index (χ4n) is 2.74. The third-order valence-electron chi connectivity index (χ3n) is 3.93. The summed E-state index contributed by atoms with van der Waals surface area (Å²) in [6, 6.07) is 17.3. The summed E-state index contributed by atoms with van der Waals surface area (Å²) in [4.78, 5) is 21.5. The van der Waals surface area contributed by atoms with Crippen molar-refractivity contribution in [1.29, 1.82) is 0 Å². The smallest absolute Gasteiger partial charge is 0.406 e. The zero-order valence-electron chi connectivity index (χ0n) is 14.2. The summed E-state index contributed by atoms with van der Waals surface area (Å²) >= 11 is 0. The summed E-state index contributed by atoms with van der Waals surface area (Å²) in [5, 5.41) is 2.55. The lowest BCUT2D eigenvalue weighted by molar-refractivity contribution is -0.274. The number of benzene rings is 3. The molecular weight excluding hydrogens is 371 g/mol. The van der Waals surface area contributed by atoms with Gasteiger partial charge in [0.2, 0.25) is 0 Å². The number of alkyl halides is 3. The molecule has 1 N–H and O–H groups in total. The standard InChI is InChI=1S/C20H12F3N3O2/c21-20(22,23)28-14-5-3-4-13(11-14)24-19(27)12-8-9-17-18(10-12)26-16-7-2-1-6-15(16)25-17/h1-11H,(H,24,27). The minimum atomic E-state index is -4.80. The Kier molecular flexibility index (Phi) is 4.31. The first-order chi connectivity index (χ1) is 13.4. The van der Waals surface area contributed by atoms with E-state index in [4.69, 9.17) is 0 Å². The molecule has 0 aliphatic heterocycles. The zero-order valence-corrected chi connectivity index (χ0v) is 14.2. The summed E-state index contributed by atoms with van der Waals surface area (Å²) in [5.74, 6) is -0.901. The Morgan fingerprint density at radius 3 is 2.21 bits per heavy atom. The van der Waals surface area contributed by atoms with Crippen molar-refractivity contribution in [2.45, 2.75) is 6.36 Å². The number of anilines is 1. The highest BCUT2D eigenvalue weighted by atomic mass is 19.4. The number of carbonyl (C=O) groups is 1. The maximum atomic E-state index is 12.5. The number of halogens is 3. The SMILES string of the molecule is O=C(Nc1cccc(OC(F)(F)F)c1)c1ccc2nc3ccccc3nc2c1. The van der Waals surface area contributed by atoms with Gasteiger partial charge in [-0.1, -0.05) is 18.2 Å². The van der Waals surface area contributed by atoms with Crippen LogP contribution in [0, 0.1) is 0 Å². The Bertz CT molecular complexity index is 1190. The number of hydrogen-bond donors (Lipinski definition) is 1. The van der Waals surface area contributed by atoms with E-state index in [0.29, 0.717) is 22.1 Å².